The number of hydrogen-bond acceptors (Lipinski definition) is 1. The average molecular weight is 377 g/mol. The van der Waals surface area contributed by atoms with Crippen molar-refractivity contribution in [3.8, 4) is 0 Å². The smallest absolute Gasteiger partial charge is 0.279 e. The number of amides is 1. The first-order valence-electron chi connectivity index (χ1n) is 8.06. The molecule has 2 heterocycles. The second-order valence-electron chi connectivity index (χ2n) is 6.33. The molecule has 1 amide bonds. The lowest BCUT2D eigenvalue weighted by Gasteiger charge is -2.22. The molecule has 5 heteroatoms. The summed E-state index contributed by atoms with van der Waals surface area (Å²) in [5.41, 5.74) is 3.29. The van der Waals surface area contributed by atoms with Crippen molar-refractivity contribution in [2.75, 3.05) is 18.4 Å². The normalized spacial score (nSPS) is 20.7. The third kappa shape index (κ3) is 3.67. The molecule has 0 bridgehead atoms. The summed E-state index contributed by atoms with van der Waals surface area (Å²) in [5.74, 6) is 0.0894. The molecule has 1 aromatic carbocycles. The number of hydrogen-bond donors (Lipinski definition) is 2. The Morgan fingerprint density at radius 2 is 2.26 bits per heavy atom. The minimum Gasteiger partial charge on any atom is -0.350 e. The minimum atomic E-state index is 0.0894. The Balaban J connectivity index is 1.66. The first-order chi connectivity index (χ1) is 11.0. The van der Waals surface area contributed by atoms with Gasteiger partial charge in [0.1, 0.15) is 6.04 Å². The highest BCUT2D eigenvalue weighted by atomic mass is 79.9. The molecule has 2 aromatic rings. The van der Waals surface area contributed by atoms with Crippen LogP contribution in [0.5, 0.6) is 0 Å². The van der Waals surface area contributed by atoms with Gasteiger partial charge in [-0.25, -0.2) is 0 Å². The zero-order chi connectivity index (χ0) is 16.4. The summed E-state index contributed by atoms with van der Waals surface area (Å²) >= 11 is 3.45. The van der Waals surface area contributed by atoms with Crippen LogP contribution in [0.25, 0.3) is 0 Å². The molecule has 2 atom stereocenters. The summed E-state index contributed by atoms with van der Waals surface area (Å²) in [5, 5.41) is 3.06. The van der Waals surface area contributed by atoms with Crippen LogP contribution >= 0.6 is 15.9 Å². The fraction of sp³-hybridized carbons (Fsp3) is 0.389. The number of halogens is 1. The maximum absolute atomic E-state index is 12.5. The number of likely N-dealkylation sites (tertiary alicyclic amines) is 1. The average Bonchev–Trinajstić information content (AvgIpc) is 3.10. The van der Waals surface area contributed by atoms with E-state index in [1.165, 1.54) is 17.0 Å². The molecular weight excluding hydrogens is 354 g/mol. The Morgan fingerprint density at radius 3 is 2.96 bits per heavy atom. The molecule has 0 aliphatic carbocycles. The first-order valence-corrected chi connectivity index (χ1v) is 8.85. The number of aromatic nitrogens is 1. The molecule has 1 aliphatic heterocycles. The number of rotatable bonds is 4. The van der Waals surface area contributed by atoms with E-state index >= 15 is 0 Å². The van der Waals surface area contributed by atoms with Crippen LogP contribution in [0.2, 0.25) is 0 Å². The van der Waals surface area contributed by atoms with Crippen LogP contribution < -0.4 is 10.2 Å². The maximum atomic E-state index is 12.5. The van der Waals surface area contributed by atoms with Crippen molar-refractivity contribution >= 4 is 27.5 Å². The predicted octanol–water partition coefficient (Wildman–Crippen LogP) is 2.45. The van der Waals surface area contributed by atoms with Crippen LogP contribution in [0.3, 0.4) is 0 Å². The van der Waals surface area contributed by atoms with E-state index in [1.54, 1.807) is 0 Å². The lowest BCUT2D eigenvalue weighted by Crippen LogP contribution is -3.11. The number of nitrogens with one attached hydrogen (secondary N) is 2. The van der Waals surface area contributed by atoms with E-state index in [2.05, 4.69) is 51.2 Å². The van der Waals surface area contributed by atoms with Crippen LogP contribution in [0, 0.1) is 6.92 Å². The number of benzene rings is 1. The number of anilines is 1. The summed E-state index contributed by atoms with van der Waals surface area (Å²) in [4.78, 5) is 13.8. The molecule has 1 saturated heterocycles. The van der Waals surface area contributed by atoms with Crippen molar-refractivity contribution in [2.24, 2.45) is 7.05 Å². The monoisotopic (exact) mass is 376 g/mol. The number of aryl methyl sites for hydroxylation is 2. The van der Waals surface area contributed by atoms with E-state index < -0.39 is 0 Å². The van der Waals surface area contributed by atoms with Gasteiger partial charge in [-0.2, -0.15) is 0 Å². The minimum absolute atomic E-state index is 0.0894. The van der Waals surface area contributed by atoms with E-state index in [9.17, 15) is 4.79 Å². The van der Waals surface area contributed by atoms with Crippen LogP contribution in [0.4, 0.5) is 5.69 Å². The number of nitrogens with zero attached hydrogens (tertiary/aromatic N) is 1. The summed E-state index contributed by atoms with van der Waals surface area (Å²) in [6, 6.07) is 10.6. The van der Waals surface area contributed by atoms with Crippen LogP contribution in [-0.2, 0) is 11.8 Å². The van der Waals surface area contributed by atoms with Crippen molar-refractivity contribution in [3.63, 3.8) is 0 Å². The largest absolute Gasteiger partial charge is 0.350 e. The topological polar surface area (TPSA) is 38.5 Å². The molecule has 1 aromatic heterocycles. The molecule has 0 radical (unpaired) electrons. The molecule has 23 heavy (non-hydrogen) atoms. The molecule has 1 fully saturated rings. The van der Waals surface area contributed by atoms with E-state index in [-0.39, 0.29) is 5.91 Å². The van der Waals surface area contributed by atoms with E-state index in [0.29, 0.717) is 12.6 Å². The highest BCUT2D eigenvalue weighted by Gasteiger charge is 2.32. The summed E-state index contributed by atoms with van der Waals surface area (Å²) in [6.07, 6.45) is 4.41. The van der Waals surface area contributed by atoms with E-state index in [4.69, 9.17) is 0 Å². The van der Waals surface area contributed by atoms with Crippen molar-refractivity contribution in [3.05, 3.63) is 52.3 Å². The SMILES string of the molecule is Cc1cc(Br)ccc1NC(=O)C[NH+]1CCC[C@@H]1c1cccn1C. The molecule has 4 nitrogen and oxygen atoms in total. The molecule has 1 aliphatic rings. The van der Waals surface area contributed by atoms with Crippen LogP contribution in [0.15, 0.2) is 41.0 Å². The van der Waals surface area contributed by atoms with E-state index in [0.717, 1.165) is 28.7 Å². The summed E-state index contributed by atoms with van der Waals surface area (Å²) < 4.78 is 3.20. The number of quaternary nitrogens is 1. The Hall–Kier alpha value is -1.59. The first kappa shape index (κ1) is 16.3. The molecule has 122 valence electrons. The van der Waals surface area contributed by atoms with Crippen molar-refractivity contribution < 1.29 is 9.69 Å². The fourth-order valence-electron chi connectivity index (χ4n) is 3.48. The molecule has 3 rings (SSSR count). The summed E-state index contributed by atoms with van der Waals surface area (Å²) in [6.45, 7) is 3.59. The molecule has 0 saturated carbocycles. The number of carbonyl (C=O) groups excluding carboxylic acids is 1. The molecule has 2 N–H and O–H groups in total. The van der Waals surface area contributed by atoms with Crippen LogP contribution in [0.1, 0.15) is 30.1 Å². The Kier molecular flexibility index (Phi) is 4.87. The fourth-order valence-corrected chi connectivity index (χ4v) is 3.96. The van der Waals surface area contributed by atoms with Gasteiger partial charge in [0.2, 0.25) is 0 Å². The Bertz CT molecular complexity index is 710. The van der Waals surface area contributed by atoms with Gasteiger partial charge in [-0.05, 0) is 42.8 Å². The van der Waals surface area contributed by atoms with Gasteiger partial charge in [-0.1, -0.05) is 15.9 Å². The zero-order valence-electron chi connectivity index (χ0n) is 13.6. The lowest BCUT2D eigenvalue weighted by atomic mass is 10.1. The second-order valence-corrected chi connectivity index (χ2v) is 7.25. The quantitative estimate of drug-likeness (QED) is 0.844. The maximum Gasteiger partial charge on any atom is 0.279 e. The van der Waals surface area contributed by atoms with Gasteiger partial charge in [-0.15, -0.1) is 0 Å². The third-order valence-electron chi connectivity index (χ3n) is 4.67. The highest BCUT2D eigenvalue weighted by Crippen LogP contribution is 2.21. The summed E-state index contributed by atoms with van der Waals surface area (Å²) in [7, 11) is 2.08. The molecular formula is C18H23BrN3O+. The van der Waals surface area contributed by atoms with E-state index in [1.807, 2.05) is 25.1 Å². The van der Waals surface area contributed by atoms with Gasteiger partial charge in [0.25, 0.3) is 5.91 Å². The third-order valence-corrected chi connectivity index (χ3v) is 5.17. The van der Waals surface area contributed by atoms with Gasteiger partial charge in [0.05, 0.1) is 12.2 Å². The Morgan fingerprint density at radius 1 is 1.43 bits per heavy atom. The van der Waals surface area contributed by atoms with Crippen molar-refractivity contribution in [2.45, 2.75) is 25.8 Å². The van der Waals surface area contributed by atoms with Crippen LogP contribution in [-0.4, -0.2) is 23.6 Å². The van der Waals surface area contributed by atoms with Gasteiger partial charge < -0.3 is 14.8 Å². The van der Waals surface area contributed by atoms with Gasteiger partial charge >= 0.3 is 0 Å². The highest BCUT2D eigenvalue weighted by molar-refractivity contribution is 9.10. The lowest BCUT2D eigenvalue weighted by molar-refractivity contribution is -0.910. The Labute approximate surface area is 145 Å². The molecule has 1 unspecified atom stereocenters. The van der Waals surface area contributed by atoms with Gasteiger partial charge in [-0.3, -0.25) is 4.79 Å². The molecule has 0 spiro atoms. The number of carbonyl (C=O) groups is 1. The second kappa shape index (κ2) is 6.89. The zero-order valence-corrected chi connectivity index (χ0v) is 15.2. The van der Waals surface area contributed by atoms with Crippen molar-refractivity contribution in [1.29, 1.82) is 0 Å². The van der Waals surface area contributed by atoms with Gasteiger partial charge in [0.15, 0.2) is 6.54 Å². The predicted molar refractivity (Wildman–Crippen MR) is 95.6 cm³/mol. The van der Waals surface area contributed by atoms with Crippen molar-refractivity contribution in [1.82, 2.24) is 4.57 Å². The van der Waals surface area contributed by atoms with Gasteiger partial charge in [0, 0.05) is 36.2 Å². The standard InChI is InChI=1S/C18H22BrN3O/c1-13-11-14(19)7-8-15(13)20-18(23)12-22-10-4-6-17(22)16-5-3-9-21(16)2/h3,5,7-9,11,17H,4,6,10,12H2,1-2H3,(H,20,23)/p+1/t17-/m1/s1.